The van der Waals surface area contributed by atoms with Crippen LogP contribution in [-0.2, 0) is 10.2 Å². The number of carbonyl (C=O) groups excluding carboxylic acids is 2. The van der Waals surface area contributed by atoms with E-state index in [2.05, 4.69) is 0 Å². The average molecular weight is 410 g/mol. The van der Waals surface area contributed by atoms with Crippen LogP contribution in [0.1, 0.15) is 54.4 Å². The minimum Gasteiger partial charge on any atom is -0.484 e. The van der Waals surface area contributed by atoms with Crippen LogP contribution in [0.2, 0.25) is 5.02 Å². The number of likely N-dealkylation sites (tertiary alicyclic amines) is 1. The highest BCUT2D eigenvalue weighted by Crippen LogP contribution is 2.45. The standard InChI is InChI=1S/C24H24ClNO3/c25-18-9-7-17(8-10-18)24(11-3-4-12-24)22(28)26-14-13-23(16-26)15-20(27)19-5-1-2-6-21(19)29-23/h1-2,5-10H,3-4,11-16H2/t23-/m0/s1. The van der Waals surface area contributed by atoms with Crippen molar-refractivity contribution in [2.75, 3.05) is 13.1 Å². The van der Waals surface area contributed by atoms with Gasteiger partial charge in [0.25, 0.3) is 0 Å². The summed E-state index contributed by atoms with van der Waals surface area (Å²) in [6.45, 7) is 1.10. The summed E-state index contributed by atoms with van der Waals surface area (Å²) in [5, 5.41) is 0.683. The summed E-state index contributed by atoms with van der Waals surface area (Å²) in [6.07, 6.45) is 4.85. The second kappa shape index (κ2) is 6.88. The quantitative estimate of drug-likeness (QED) is 0.716. The van der Waals surface area contributed by atoms with Gasteiger partial charge in [-0.15, -0.1) is 0 Å². The number of nitrogens with zero attached hydrogens (tertiary/aromatic N) is 1. The molecular formula is C24H24ClNO3. The van der Waals surface area contributed by atoms with E-state index in [1.165, 1.54) is 0 Å². The van der Waals surface area contributed by atoms with Crippen molar-refractivity contribution in [2.45, 2.75) is 49.5 Å². The first-order chi connectivity index (χ1) is 14.0. The molecule has 1 saturated heterocycles. The van der Waals surface area contributed by atoms with Gasteiger partial charge in [-0.05, 0) is 42.7 Å². The summed E-state index contributed by atoms with van der Waals surface area (Å²) in [4.78, 5) is 28.4. The van der Waals surface area contributed by atoms with Crippen molar-refractivity contribution < 1.29 is 14.3 Å². The maximum Gasteiger partial charge on any atom is 0.233 e. The summed E-state index contributed by atoms with van der Waals surface area (Å²) in [5.74, 6) is 0.921. The number of ether oxygens (including phenoxy) is 1. The molecule has 0 bridgehead atoms. The lowest BCUT2D eigenvalue weighted by Crippen LogP contribution is -2.49. The first-order valence-corrected chi connectivity index (χ1v) is 10.8. The van der Waals surface area contributed by atoms with E-state index < -0.39 is 11.0 Å². The molecule has 0 radical (unpaired) electrons. The molecule has 0 N–H and O–H groups in total. The zero-order valence-corrected chi connectivity index (χ0v) is 17.1. The maximum atomic E-state index is 13.8. The molecular weight excluding hydrogens is 386 g/mol. The Morgan fingerprint density at radius 1 is 1.00 bits per heavy atom. The Hall–Kier alpha value is -2.33. The Morgan fingerprint density at radius 3 is 2.48 bits per heavy atom. The van der Waals surface area contributed by atoms with Crippen molar-refractivity contribution in [3.05, 3.63) is 64.7 Å². The fourth-order valence-electron chi connectivity index (χ4n) is 5.36. The largest absolute Gasteiger partial charge is 0.484 e. The van der Waals surface area contributed by atoms with Gasteiger partial charge >= 0.3 is 0 Å². The van der Waals surface area contributed by atoms with Crippen molar-refractivity contribution in [3.8, 4) is 5.75 Å². The minimum atomic E-state index is -0.596. The molecule has 5 rings (SSSR count). The van der Waals surface area contributed by atoms with Crippen molar-refractivity contribution in [3.63, 3.8) is 0 Å². The van der Waals surface area contributed by atoms with Crippen LogP contribution < -0.4 is 4.74 Å². The minimum absolute atomic E-state index is 0.106. The number of rotatable bonds is 2. The zero-order valence-electron chi connectivity index (χ0n) is 16.3. The molecule has 4 nitrogen and oxygen atoms in total. The number of halogens is 1. The summed E-state index contributed by atoms with van der Waals surface area (Å²) in [5.41, 5.74) is 0.626. The Balaban J connectivity index is 1.41. The summed E-state index contributed by atoms with van der Waals surface area (Å²) in [6, 6.07) is 15.1. The fourth-order valence-corrected chi connectivity index (χ4v) is 5.49. The van der Waals surface area contributed by atoms with Gasteiger partial charge in [0.05, 0.1) is 23.9 Å². The lowest BCUT2D eigenvalue weighted by molar-refractivity contribution is -0.137. The van der Waals surface area contributed by atoms with E-state index in [0.29, 0.717) is 42.3 Å². The monoisotopic (exact) mass is 409 g/mol. The molecule has 2 aromatic rings. The van der Waals surface area contributed by atoms with Crippen molar-refractivity contribution in [2.24, 2.45) is 0 Å². The van der Waals surface area contributed by atoms with Crippen LogP contribution in [-0.4, -0.2) is 35.3 Å². The van der Waals surface area contributed by atoms with Gasteiger partial charge in [0.1, 0.15) is 11.4 Å². The summed E-state index contributed by atoms with van der Waals surface area (Å²) in [7, 11) is 0. The van der Waals surface area contributed by atoms with Gasteiger partial charge in [-0.25, -0.2) is 0 Å². The normalized spacial score (nSPS) is 25.1. The first-order valence-electron chi connectivity index (χ1n) is 10.4. The number of Topliss-reactive ketones (excluding diaryl/α,β-unsaturated/α-hetero) is 1. The SMILES string of the molecule is O=C1C[C@]2(CCN(C(=O)C3(c4ccc(Cl)cc4)CCCC3)C2)Oc2ccccc21. The van der Waals surface area contributed by atoms with Gasteiger partial charge in [0, 0.05) is 18.0 Å². The number of ketones is 1. The van der Waals surface area contributed by atoms with Gasteiger partial charge < -0.3 is 9.64 Å². The number of benzene rings is 2. The number of hydrogen-bond acceptors (Lipinski definition) is 3. The average Bonchev–Trinajstić information content (AvgIpc) is 3.37. The van der Waals surface area contributed by atoms with Crippen LogP contribution in [0.4, 0.5) is 0 Å². The van der Waals surface area contributed by atoms with Gasteiger partial charge in [0.15, 0.2) is 5.78 Å². The molecule has 1 spiro atoms. The molecule has 29 heavy (non-hydrogen) atoms. The fraction of sp³-hybridized carbons (Fsp3) is 0.417. The lowest BCUT2D eigenvalue weighted by atomic mass is 9.77. The van der Waals surface area contributed by atoms with Crippen molar-refractivity contribution in [1.82, 2.24) is 4.90 Å². The van der Waals surface area contributed by atoms with E-state index >= 15 is 0 Å². The third-order valence-corrected chi connectivity index (χ3v) is 7.12. The first kappa shape index (κ1) is 18.7. The highest BCUT2D eigenvalue weighted by Gasteiger charge is 2.51. The molecule has 2 aliphatic heterocycles. The molecule has 2 aromatic carbocycles. The second-order valence-corrected chi connectivity index (χ2v) is 9.09. The van der Waals surface area contributed by atoms with E-state index in [1.807, 2.05) is 53.4 Å². The summed E-state index contributed by atoms with van der Waals surface area (Å²) >= 11 is 6.08. The number of amides is 1. The Kier molecular flexibility index (Phi) is 4.43. The van der Waals surface area contributed by atoms with Gasteiger partial charge in [-0.3, -0.25) is 9.59 Å². The molecule has 1 saturated carbocycles. The molecule has 2 fully saturated rings. The highest BCUT2D eigenvalue weighted by atomic mass is 35.5. The molecule has 1 aliphatic carbocycles. The van der Waals surface area contributed by atoms with Crippen LogP contribution in [0.3, 0.4) is 0 Å². The second-order valence-electron chi connectivity index (χ2n) is 8.65. The molecule has 2 heterocycles. The van der Waals surface area contributed by atoms with E-state index in [4.69, 9.17) is 16.3 Å². The van der Waals surface area contributed by atoms with E-state index in [1.54, 1.807) is 0 Å². The van der Waals surface area contributed by atoms with Crippen LogP contribution in [0.25, 0.3) is 0 Å². The number of hydrogen-bond donors (Lipinski definition) is 0. The molecule has 3 aliphatic rings. The number of fused-ring (bicyclic) bond motifs is 1. The third kappa shape index (κ3) is 3.05. The van der Waals surface area contributed by atoms with Crippen LogP contribution in [0.15, 0.2) is 48.5 Å². The van der Waals surface area contributed by atoms with Gasteiger partial charge in [-0.1, -0.05) is 48.7 Å². The molecule has 1 atom stereocenters. The Morgan fingerprint density at radius 2 is 1.72 bits per heavy atom. The third-order valence-electron chi connectivity index (χ3n) is 6.86. The smallest absolute Gasteiger partial charge is 0.233 e. The Bertz CT molecular complexity index is 964. The van der Waals surface area contributed by atoms with Crippen LogP contribution in [0, 0.1) is 0 Å². The molecule has 150 valence electrons. The number of carbonyl (C=O) groups is 2. The molecule has 0 unspecified atom stereocenters. The topological polar surface area (TPSA) is 46.6 Å². The van der Waals surface area contributed by atoms with Gasteiger partial charge in [-0.2, -0.15) is 0 Å². The van der Waals surface area contributed by atoms with Crippen LogP contribution >= 0.6 is 11.6 Å². The Labute approximate surface area is 175 Å². The predicted molar refractivity (Wildman–Crippen MR) is 112 cm³/mol. The zero-order chi connectivity index (χ0) is 20.1. The highest BCUT2D eigenvalue weighted by molar-refractivity contribution is 6.30. The van der Waals surface area contributed by atoms with E-state index in [-0.39, 0.29) is 11.7 Å². The number of para-hydroxylation sites is 1. The molecule has 1 amide bonds. The van der Waals surface area contributed by atoms with E-state index in [9.17, 15) is 9.59 Å². The van der Waals surface area contributed by atoms with E-state index in [0.717, 1.165) is 31.2 Å². The molecule has 5 heteroatoms. The molecule has 0 aromatic heterocycles. The predicted octanol–water partition coefficient (Wildman–Crippen LogP) is 4.79. The maximum absolute atomic E-state index is 13.8. The summed E-state index contributed by atoms with van der Waals surface area (Å²) < 4.78 is 6.32. The van der Waals surface area contributed by atoms with Crippen molar-refractivity contribution in [1.29, 1.82) is 0 Å². The lowest BCUT2D eigenvalue weighted by Gasteiger charge is -2.36. The van der Waals surface area contributed by atoms with Gasteiger partial charge in [0.2, 0.25) is 5.91 Å². The van der Waals surface area contributed by atoms with Crippen LogP contribution in [0.5, 0.6) is 5.75 Å². The van der Waals surface area contributed by atoms with Crippen molar-refractivity contribution >= 4 is 23.3 Å².